The molecule has 0 N–H and O–H groups in total. The summed E-state index contributed by atoms with van der Waals surface area (Å²) in [7, 11) is 0. The predicted octanol–water partition coefficient (Wildman–Crippen LogP) is 1.86. The second-order valence-corrected chi connectivity index (χ2v) is 3.17. The summed E-state index contributed by atoms with van der Waals surface area (Å²) in [5.74, 6) is 1.25. The van der Waals surface area contributed by atoms with Crippen LogP contribution in [0.4, 0.5) is 0 Å². The summed E-state index contributed by atoms with van der Waals surface area (Å²) in [6.07, 6.45) is 5.66. The summed E-state index contributed by atoms with van der Waals surface area (Å²) in [5, 5.41) is 0. The van der Waals surface area contributed by atoms with Crippen LogP contribution in [-0.4, -0.2) is 35.9 Å². The van der Waals surface area contributed by atoms with Crippen molar-refractivity contribution in [2.45, 2.75) is 20.3 Å². The van der Waals surface area contributed by atoms with E-state index in [1.165, 1.54) is 12.2 Å². The Kier molecular flexibility index (Phi) is 7.15. The standard InChI is InChI=1S/C8H18NS/c1-4-9(5-2)7-6-8-10-3/h7H,4-6,8H2,1-3H3/q+1. The Morgan fingerprint density at radius 1 is 1.30 bits per heavy atom. The van der Waals surface area contributed by atoms with Crippen molar-refractivity contribution in [1.29, 1.82) is 0 Å². The van der Waals surface area contributed by atoms with Gasteiger partial charge in [0.15, 0.2) is 0 Å². The summed E-state index contributed by atoms with van der Waals surface area (Å²) >= 11 is 1.91. The van der Waals surface area contributed by atoms with Crippen LogP contribution in [0.15, 0.2) is 0 Å². The maximum Gasteiger partial charge on any atom is 0.140 e. The quantitative estimate of drug-likeness (QED) is 0.337. The normalized spacial score (nSPS) is 9.50. The maximum absolute atomic E-state index is 2.34. The van der Waals surface area contributed by atoms with Crippen molar-refractivity contribution in [3.05, 3.63) is 0 Å². The zero-order valence-electron chi connectivity index (χ0n) is 7.26. The van der Waals surface area contributed by atoms with Gasteiger partial charge in [0.1, 0.15) is 19.3 Å². The molecule has 0 fully saturated rings. The number of hydrogen-bond donors (Lipinski definition) is 0. The Hall–Kier alpha value is 0.0200. The van der Waals surface area contributed by atoms with E-state index in [4.69, 9.17) is 0 Å². The molecule has 0 atom stereocenters. The Morgan fingerprint density at radius 3 is 2.30 bits per heavy atom. The molecule has 10 heavy (non-hydrogen) atoms. The summed E-state index contributed by atoms with van der Waals surface area (Å²) < 4.78 is 2.34. The Labute approximate surface area is 68.5 Å². The Balaban J connectivity index is 3.43. The SMILES string of the molecule is CC[N+](=CCCSC)CC. The van der Waals surface area contributed by atoms with Gasteiger partial charge in [-0.25, -0.2) is 4.58 Å². The monoisotopic (exact) mass is 160 g/mol. The topological polar surface area (TPSA) is 3.01 Å². The number of thioether (sulfide) groups is 1. The molecular formula is C8H18NS+. The second kappa shape index (κ2) is 7.13. The lowest BCUT2D eigenvalue weighted by molar-refractivity contribution is -0.517. The van der Waals surface area contributed by atoms with E-state index in [0.717, 1.165) is 13.1 Å². The van der Waals surface area contributed by atoms with Gasteiger partial charge in [-0.15, -0.1) is 0 Å². The van der Waals surface area contributed by atoms with Gasteiger partial charge in [0.2, 0.25) is 0 Å². The van der Waals surface area contributed by atoms with Crippen molar-refractivity contribution < 1.29 is 4.58 Å². The molecule has 0 rings (SSSR count). The van der Waals surface area contributed by atoms with Crippen LogP contribution >= 0.6 is 11.8 Å². The first-order valence-electron chi connectivity index (χ1n) is 3.91. The van der Waals surface area contributed by atoms with E-state index in [0.29, 0.717) is 0 Å². The molecule has 2 heteroatoms. The second-order valence-electron chi connectivity index (χ2n) is 2.19. The van der Waals surface area contributed by atoms with Crippen LogP contribution in [0.3, 0.4) is 0 Å². The molecule has 0 amide bonds. The third-order valence-corrected chi connectivity index (χ3v) is 2.17. The van der Waals surface area contributed by atoms with Crippen LogP contribution in [0.25, 0.3) is 0 Å². The van der Waals surface area contributed by atoms with Gasteiger partial charge in [-0.05, 0) is 20.1 Å². The zero-order chi connectivity index (χ0) is 7.82. The van der Waals surface area contributed by atoms with E-state index in [2.05, 4.69) is 30.9 Å². The van der Waals surface area contributed by atoms with Gasteiger partial charge in [-0.1, -0.05) is 0 Å². The fourth-order valence-corrected chi connectivity index (χ4v) is 1.18. The van der Waals surface area contributed by atoms with E-state index in [-0.39, 0.29) is 0 Å². The van der Waals surface area contributed by atoms with Crippen LogP contribution in [0.2, 0.25) is 0 Å². The van der Waals surface area contributed by atoms with Gasteiger partial charge in [-0.2, -0.15) is 11.8 Å². The molecule has 0 saturated carbocycles. The molecule has 0 aromatic heterocycles. The molecule has 0 heterocycles. The Morgan fingerprint density at radius 2 is 1.90 bits per heavy atom. The zero-order valence-corrected chi connectivity index (χ0v) is 8.08. The van der Waals surface area contributed by atoms with Crippen molar-refractivity contribution in [3.63, 3.8) is 0 Å². The van der Waals surface area contributed by atoms with Crippen LogP contribution in [0, 0.1) is 0 Å². The minimum atomic E-state index is 1.14. The molecule has 0 radical (unpaired) electrons. The highest BCUT2D eigenvalue weighted by Crippen LogP contribution is 1.92. The van der Waals surface area contributed by atoms with E-state index in [9.17, 15) is 0 Å². The molecule has 0 aliphatic carbocycles. The van der Waals surface area contributed by atoms with E-state index in [1.54, 1.807) is 0 Å². The van der Waals surface area contributed by atoms with Gasteiger partial charge in [-0.3, -0.25) is 0 Å². The van der Waals surface area contributed by atoms with E-state index in [1.807, 2.05) is 11.8 Å². The van der Waals surface area contributed by atoms with Gasteiger partial charge in [0, 0.05) is 12.2 Å². The average molecular weight is 160 g/mol. The van der Waals surface area contributed by atoms with Gasteiger partial charge < -0.3 is 0 Å². The van der Waals surface area contributed by atoms with Crippen LogP contribution in [0.1, 0.15) is 20.3 Å². The highest BCUT2D eigenvalue weighted by Gasteiger charge is 1.92. The van der Waals surface area contributed by atoms with Crippen molar-refractivity contribution in [2.75, 3.05) is 25.1 Å². The lowest BCUT2D eigenvalue weighted by Crippen LogP contribution is -2.11. The third-order valence-electron chi connectivity index (χ3n) is 1.52. The minimum Gasteiger partial charge on any atom is -0.240 e. The lowest BCUT2D eigenvalue weighted by Gasteiger charge is -1.94. The number of hydrogen-bond acceptors (Lipinski definition) is 1. The molecule has 0 saturated heterocycles. The highest BCUT2D eigenvalue weighted by molar-refractivity contribution is 7.98. The van der Waals surface area contributed by atoms with Gasteiger partial charge in [0.25, 0.3) is 0 Å². The molecule has 0 spiro atoms. The van der Waals surface area contributed by atoms with Crippen molar-refractivity contribution in [1.82, 2.24) is 0 Å². The molecule has 0 bridgehead atoms. The fraction of sp³-hybridized carbons (Fsp3) is 0.875. The maximum atomic E-state index is 2.34. The van der Waals surface area contributed by atoms with Crippen molar-refractivity contribution >= 4 is 18.0 Å². The fourth-order valence-electron chi connectivity index (χ4n) is 0.835. The third kappa shape index (κ3) is 4.86. The largest absolute Gasteiger partial charge is 0.240 e. The molecule has 0 unspecified atom stereocenters. The van der Waals surface area contributed by atoms with Gasteiger partial charge >= 0.3 is 0 Å². The predicted molar refractivity (Wildman–Crippen MR) is 50.4 cm³/mol. The molecule has 0 aliphatic heterocycles. The molecule has 1 nitrogen and oxygen atoms in total. The minimum absolute atomic E-state index is 1.14. The first-order chi connectivity index (χ1) is 4.85. The Bertz CT molecular complexity index is 93.4. The van der Waals surface area contributed by atoms with E-state index < -0.39 is 0 Å². The summed E-state index contributed by atoms with van der Waals surface area (Å²) in [6.45, 7) is 6.67. The van der Waals surface area contributed by atoms with Crippen molar-refractivity contribution in [2.24, 2.45) is 0 Å². The van der Waals surface area contributed by atoms with E-state index >= 15 is 0 Å². The van der Waals surface area contributed by atoms with Crippen LogP contribution < -0.4 is 0 Å². The molecule has 0 aliphatic rings. The molecule has 60 valence electrons. The first-order valence-corrected chi connectivity index (χ1v) is 5.30. The summed E-state index contributed by atoms with van der Waals surface area (Å²) in [5.41, 5.74) is 0. The number of rotatable bonds is 5. The summed E-state index contributed by atoms with van der Waals surface area (Å²) in [6, 6.07) is 0. The molecule has 0 aromatic carbocycles. The van der Waals surface area contributed by atoms with Gasteiger partial charge in [0.05, 0.1) is 0 Å². The van der Waals surface area contributed by atoms with Crippen molar-refractivity contribution in [3.8, 4) is 0 Å². The molecular weight excluding hydrogens is 142 g/mol. The van der Waals surface area contributed by atoms with Crippen LogP contribution in [-0.2, 0) is 0 Å². The summed E-state index contributed by atoms with van der Waals surface area (Å²) in [4.78, 5) is 0. The average Bonchev–Trinajstić information content (AvgIpc) is 1.99. The van der Waals surface area contributed by atoms with Crippen LogP contribution in [0.5, 0.6) is 0 Å². The smallest absolute Gasteiger partial charge is 0.140 e. The lowest BCUT2D eigenvalue weighted by atomic mass is 10.5. The molecule has 0 aromatic rings. The highest BCUT2D eigenvalue weighted by atomic mass is 32.2. The first kappa shape index (κ1) is 10.0. The number of nitrogens with zero attached hydrogens (tertiary/aromatic N) is 1.